The predicted molar refractivity (Wildman–Crippen MR) is 91.3 cm³/mol. The van der Waals surface area contributed by atoms with E-state index in [0.29, 0.717) is 22.4 Å². The van der Waals surface area contributed by atoms with Crippen LogP contribution in [-0.4, -0.2) is 15.5 Å². The van der Waals surface area contributed by atoms with Crippen molar-refractivity contribution < 1.29 is 17.6 Å². The predicted octanol–water partition coefficient (Wildman–Crippen LogP) is 3.26. The van der Waals surface area contributed by atoms with Crippen LogP contribution in [0.2, 0.25) is 5.02 Å². The first-order valence-corrected chi connectivity index (χ1v) is 8.65. The van der Waals surface area contributed by atoms with Gasteiger partial charge in [-0.1, -0.05) is 11.6 Å². The summed E-state index contributed by atoms with van der Waals surface area (Å²) in [6, 6.07) is 11.5. The van der Waals surface area contributed by atoms with Crippen molar-refractivity contribution in [3.8, 4) is 5.75 Å². The Morgan fingerprint density at radius 2 is 1.88 bits per heavy atom. The molecule has 6 nitrogen and oxygen atoms in total. The number of methoxy groups -OCH3 is 1. The van der Waals surface area contributed by atoms with Gasteiger partial charge < -0.3 is 9.15 Å². The van der Waals surface area contributed by atoms with Crippen molar-refractivity contribution in [2.24, 2.45) is 0 Å². The minimum atomic E-state index is -3.82. The number of rotatable bonds is 4. The number of sulfonamides is 1. The second-order valence-electron chi connectivity index (χ2n) is 4.91. The van der Waals surface area contributed by atoms with Crippen LogP contribution < -0.4 is 15.1 Å². The van der Waals surface area contributed by atoms with E-state index in [-0.39, 0.29) is 9.92 Å². The SMILES string of the molecule is COc1ccc(NS(=O)(=O)c2ccc3oc(=O)ccc3c2)cc1Cl. The van der Waals surface area contributed by atoms with E-state index >= 15 is 0 Å². The van der Waals surface area contributed by atoms with Crippen LogP contribution in [-0.2, 0) is 10.0 Å². The molecule has 1 heterocycles. The van der Waals surface area contributed by atoms with Crippen molar-refractivity contribution in [1.29, 1.82) is 0 Å². The molecule has 0 bridgehead atoms. The third-order valence-corrected chi connectivity index (χ3v) is 4.98. The number of fused-ring (bicyclic) bond motifs is 1. The molecule has 0 amide bonds. The number of anilines is 1. The largest absolute Gasteiger partial charge is 0.495 e. The molecule has 8 heteroatoms. The van der Waals surface area contributed by atoms with Crippen LogP contribution in [0.25, 0.3) is 11.0 Å². The van der Waals surface area contributed by atoms with Crippen LogP contribution >= 0.6 is 11.6 Å². The molecule has 0 aliphatic carbocycles. The minimum absolute atomic E-state index is 0.0378. The van der Waals surface area contributed by atoms with Gasteiger partial charge in [0.05, 0.1) is 22.7 Å². The molecule has 0 saturated heterocycles. The zero-order chi connectivity index (χ0) is 17.3. The van der Waals surface area contributed by atoms with Crippen LogP contribution in [0.5, 0.6) is 5.75 Å². The summed E-state index contributed by atoms with van der Waals surface area (Å²) >= 11 is 6.00. The number of benzene rings is 2. The number of hydrogen-bond acceptors (Lipinski definition) is 5. The summed E-state index contributed by atoms with van der Waals surface area (Å²) in [4.78, 5) is 11.2. The summed E-state index contributed by atoms with van der Waals surface area (Å²) in [6.45, 7) is 0. The molecular weight excluding hydrogens is 354 g/mol. The molecule has 0 aliphatic heterocycles. The summed E-state index contributed by atoms with van der Waals surface area (Å²) in [7, 11) is -2.35. The Morgan fingerprint density at radius 1 is 1.08 bits per heavy atom. The van der Waals surface area contributed by atoms with Gasteiger partial charge in [-0.2, -0.15) is 0 Å². The molecule has 3 aromatic rings. The number of hydrogen-bond donors (Lipinski definition) is 1. The van der Waals surface area contributed by atoms with Gasteiger partial charge in [0.1, 0.15) is 11.3 Å². The lowest BCUT2D eigenvalue weighted by Crippen LogP contribution is -2.13. The first kappa shape index (κ1) is 16.4. The van der Waals surface area contributed by atoms with Gasteiger partial charge in [0.25, 0.3) is 10.0 Å². The molecule has 24 heavy (non-hydrogen) atoms. The molecule has 0 spiro atoms. The zero-order valence-corrected chi connectivity index (χ0v) is 14.0. The molecule has 0 radical (unpaired) electrons. The standard InChI is InChI=1S/C16H12ClNO5S/c1-22-15-5-3-11(9-13(15)17)18-24(20,21)12-4-6-14-10(8-12)2-7-16(19)23-14/h2-9,18H,1H3. The molecule has 0 unspecified atom stereocenters. The quantitative estimate of drug-likeness (QED) is 0.717. The Kier molecular flexibility index (Phi) is 4.21. The molecule has 124 valence electrons. The van der Waals surface area contributed by atoms with E-state index in [9.17, 15) is 13.2 Å². The molecule has 1 N–H and O–H groups in total. The Balaban J connectivity index is 1.97. The maximum absolute atomic E-state index is 12.5. The fraction of sp³-hybridized carbons (Fsp3) is 0.0625. The van der Waals surface area contributed by atoms with E-state index in [4.69, 9.17) is 20.8 Å². The van der Waals surface area contributed by atoms with Gasteiger partial charge in [-0.15, -0.1) is 0 Å². The lowest BCUT2D eigenvalue weighted by atomic mass is 10.2. The summed E-state index contributed by atoms with van der Waals surface area (Å²) in [5.74, 6) is 0.445. The molecule has 0 atom stereocenters. The van der Waals surface area contributed by atoms with Gasteiger partial charge in [0, 0.05) is 11.5 Å². The van der Waals surface area contributed by atoms with Crippen LogP contribution in [0.3, 0.4) is 0 Å². The number of ether oxygens (including phenoxy) is 1. The van der Waals surface area contributed by atoms with E-state index in [2.05, 4.69) is 4.72 Å². The van der Waals surface area contributed by atoms with Crippen LogP contribution in [0.15, 0.2) is 62.6 Å². The molecule has 0 aliphatic rings. The van der Waals surface area contributed by atoms with Gasteiger partial charge in [0.15, 0.2) is 0 Å². The smallest absolute Gasteiger partial charge is 0.336 e. The van der Waals surface area contributed by atoms with E-state index in [0.717, 1.165) is 0 Å². The Morgan fingerprint density at radius 3 is 2.58 bits per heavy atom. The first-order chi connectivity index (χ1) is 11.4. The average Bonchev–Trinajstić information content (AvgIpc) is 2.54. The van der Waals surface area contributed by atoms with Gasteiger partial charge in [-0.05, 0) is 42.5 Å². The highest BCUT2D eigenvalue weighted by Gasteiger charge is 2.16. The Bertz CT molecular complexity index is 1080. The van der Waals surface area contributed by atoms with Crippen molar-refractivity contribution in [3.05, 3.63) is 64.0 Å². The highest BCUT2D eigenvalue weighted by Crippen LogP contribution is 2.28. The van der Waals surface area contributed by atoms with E-state index < -0.39 is 15.6 Å². The second kappa shape index (κ2) is 6.18. The lowest BCUT2D eigenvalue weighted by molar-refractivity contribution is 0.415. The van der Waals surface area contributed by atoms with E-state index in [1.165, 1.54) is 43.5 Å². The molecule has 2 aromatic carbocycles. The van der Waals surface area contributed by atoms with Gasteiger partial charge in [-0.3, -0.25) is 4.72 Å². The lowest BCUT2D eigenvalue weighted by Gasteiger charge is -2.10. The highest BCUT2D eigenvalue weighted by molar-refractivity contribution is 7.92. The summed E-state index contributed by atoms with van der Waals surface area (Å²) in [5, 5.41) is 0.795. The van der Waals surface area contributed by atoms with Gasteiger partial charge in [-0.25, -0.2) is 13.2 Å². The van der Waals surface area contributed by atoms with Crippen molar-refractivity contribution in [3.63, 3.8) is 0 Å². The van der Waals surface area contributed by atoms with Crippen LogP contribution in [0.1, 0.15) is 0 Å². The van der Waals surface area contributed by atoms with Crippen LogP contribution in [0, 0.1) is 0 Å². The monoisotopic (exact) mass is 365 g/mol. The van der Waals surface area contributed by atoms with E-state index in [1.807, 2.05) is 0 Å². The maximum atomic E-state index is 12.5. The van der Waals surface area contributed by atoms with Crippen molar-refractivity contribution in [1.82, 2.24) is 0 Å². The van der Waals surface area contributed by atoms with Gasteiger partial charge in [0.2, 0.25) is 0 Å². The zero-order valence-electron chi connectivity index (χ0n) is 12.4. The molecule has 0 fully saturated rings. The Labute approximate surface area is 142 Å². The molecule has 3 rings (SSSR count). The summed E-state index contributed by atoms with van der Waals surface area (Å²) in [6.07, 6.45) is 0. The number of halogens is 1. The van der Waals surface area contributed by atoms with E-state index in [1.54, 1.807) is 12.1 Å². The minimum Gasteiger partial charge on any atom is -0.495 e. The fourth-order valence-corrected chi connectivity index (χ4v) is 3.50. The summed E-state index contributed by atoms with van der Waals surface area (Å²) < 4.78 is 37.5. The summed E-state index contributed by atoms with van der Waals surface area (Å²) in [5.41, 5.74) is 0.124. The third kappa shape index (κ3) is 3.22. The second-order valence-corrected chi connectivity index (χ2v) is 7.00. The maximum Gasteiger partial charge on any atom is 0.336 e. The third-order valence-electron chi connectivity index (χ3n) is 3.31. The van der Waals surface area contributed by atoms with Crippen molar-refractivity contribution >= 4 is 38.3 Å². The highest BCUT2D eigenvalue weighted by atomic mass is 35.5. The van der Waals surface area contributed by atoms with Crippen molar-refractivity contribution in [2.75, 3.05) is 11.8 Å². The molecular formula is C16H12ClNO5S. The topological polar surface area (TPSA) is 85.6 Å². The van der Waals surface area contributed by atoms with Gasteiger partial charge >= 0.3 is 5.63 Å². The Hall–Kier alpha value is -2.51. The molecule has 0 saturated carbocycles. The van der Waals surface area contributed by atoms with Crippen LogP contribution in [0.4, 0.5) is 5.69 Å². The number of nitrogens with one attached hydrogen (secondary N) is 1. The normalized spacial score (nSPS) is 11.4. The molecule has 1 aromatic heterocycles. The first-order valence-electron chi connectivity index (χ1n) is 6.79. The average molecular weight is 366 g/mol. The fourth-order valence-electron chi connectivity index (χ4n) is 2.16. The van der Waals surface area contributed by atoms with Crippen molar-refractivity contribution in [2.45, 2.75) is 4.90 Å².